The number of carbonyl (C=O) groups excluding carboxylic acids is 1. The highest BCUT2D eigenvalue weighted by atomic mass is 32.1. The van der Waals surface area contributed by atoms with Gasteiger partial charge in [-0.05, 0) is 44.9 Å². The monoisotopic (exact) mass is 372 g/mol. The summed E-state index contributed by atoms with van der Waals surface area (Å²) in [4.78, 5) is 20.7. The lowest BCUT2D eigenvalue weighted by Crippen LogP contribution is -2.46. The van der Waals surface area contributed by atoms with E-state index in [0.29, 0.717) is 6.42 Å². The zero-order chi connectivity index (χ0) is 18.7. The predicted molar refractivity (Wildman–Crippen MR) is 108 cm³/mol. The van der Waals surface area contributed by atoms with Gasteiger partial charge in [0.2, 0.25) is 0 Å². The third-order valence-corrected chi connectivity index (χ3v) is 5.73. The molecule has 0 saturated heterocycles. The van der Waals surface area contributed by atoms with Crippen molar-refractivity contribution in [1.82, 2.24) is 4.98 Å². The van der Waals surface area contributed by atoms with Crippen LogP contribution in [0.2, 0.25) is 0 Å². The van der Waals surface area contributed by atoms with Crippen LogP contribution in [-0.4, -0.2) is 23.5 Å². The number of hydrogen-bond donors (Lipinski definition) is 0. The first-order chi connectivity index (χ1) is 12.5. The van der Waals surface area contributed by atoms with Crippen molar-refractivity contribution in [1.29, 1.82) is 0 Å². The summed E-state index contributed by atoms with van der Waals surface area (Å²) in [5.41, 5.74) is 2.94. The number of anilines is 1. The Morgan fingerprint density at radius 2 is 2.00 bits per heavy atom. The summed E-state index contributed by atoms with van der Waals surface area (Å²) in [6, 6.07) is 6.12. The Labute approximate surface area is 160 Å². The van der Waals surface area contributed by atoms with Crippen LogP contribution in [0.4, 0.5) is 5.69 Å². The molecule has 4 nitrogen and oxygen atoms in total. The van der Waals surface area contributed by atoms with E-state index in [4.69, 9.17) is 4.74 Å². The van der Waals surface area contributed by atoms with Crippen molar-refractivity contribution in [3.05, 3.63) is 28.1 Å². The Morgan fingerprint density at radius 1 is 1.19 bits per heavy atom. The topological polar surface area (TPSA) is 42.4 Å². The lowest BCUT2D eigenvalue weighted by Gasteiger charge is -2.34. The van der Waals surface area contributed by atoms with Crippen molar-refractivity contribution in [3.63, 3.8) is 0 Å². The van der Waals surface area contributed by atoms with Crippen LogP contribution in [-0.2, 0) is 4.79 Å². The van der Waals surface area contributed by atoms with Crippen molar-refractivity contribution in [2.45, 2.75) is 65.9 Å². The molecule has 1 aromatic carbocycles. The van der Waals surface area contributed by atoms with Gasteiger partial charge in [0, 0.05) is 17.0 Å². The van der Waals surface area contributed by atoms with Gasteiger partial charge in [-0.25, -0.2) is 4.98 Å². The van der Waals surface area contributed by atoms with Crippen LogP contribution < -0.4 is 9.64 Å². The van der Waals surface area contributed by atoms with E-state index in [1.807, 2.05) is 24.8 Å². The van der Waals surface area contributed by atoms with Gasteiger partial charge in [0.05, 0.1) is 16.4 Å². The molecule has 1 atom stereocenters. The van der Waals surface area contributed by atoms with Crippen LogP contribution >= 0.6 is 11.3 Å². The number of fused-ring (bicyclic) bond motifs is 1. The molecule has 140 valence electrons. The molecule has 0 bridgehead atoms. The SMILES string of the molecule is CCCCCCN1C(=O)C(CC)Oc2ccc(-c3nc(C)sc3C)cc21. The van der Waals surface area contributed by atoms with Gasteiger partial charge in [-0.15, -0.1) is 11.3 Å². The van der Waals surface area contributed by atoms with Gasteiger partial charge in [-0.1, -0.05) is 33.1 Å². The number of unbranched alkanes of at least 4 members (excludes halogenated alkanes) is 3. The molecule has 1 aliphatic heterocycles. The molecule has 1 aromatic heterocycles. The third-order valence-electron chi connectivity index (χ3n) is 4.84. The summed E-state index contributed by atoms with van der Waals surface area (Å²) in [6.07, 6.45) is 4.89. The summed E-state index contributed by atoms with van der Waals surface area (Å²) in [6.45, 7) is 9.07. The minimum absolute atomic E-state index is 0.0832. The Balaban J connectivity index is 1.94. The molecule has 0 N–H and O–H groups in total. The number of benzene rings is 1. The van der Waals surface area contributed by atoms with Gasteiger partial charge in [-0.2, -0.15) is 0 Å². The van der Waals surface area contributed by atoms with E-state index >= 15 is 0 Å². The van der Waals surface area contributed by atoms with E-state index < -0.39 is 0 Å². The highest BCUT2D eigenvalue weighted by Gasteiger charge is 2.33. The van der Waals surface area contributed by atoms with Gasteiger partial charge in [0.15, 0.2) is 6.10 Å². The molecule has 2 aromatic rings. The molecule has 26 heavy (non-hydrogen) atoms. The van der Waals surface area contributed by atoms with Crippen molar-refractivity contribution >= 4 is 22.9 Å². The average Bonchev–Trinajstić information content (AvgIpc) is 2.97. The van der Waals surface area contributed by atoms with Crippen molar-refractivity contribution in [2.75, 3.05) is 11.4 Å². The normalized spacial score (nSPS) is 16.5. The number of rotatable bonds is 7. The van der Waals surface area contributed by atoms with Crippen LogP contribution in [0.25, 0.3) is 11.3 Å². The molecule has 1 aliphatic rings. The first-order valence-electron chi connectivity index (χ1n) is 9.61. The molecule has 0 radical (unpaired) electrons. The minimum Gasteiger partial charge on any atom is -0.478 e. The van der Waals surface area contributed by atoms with E-state index in [9.17, 15) is 4.79 Å². The van der Waals surface area contributed by atoms with Crippen LogP contribution in [0.5, 0.6) is 5.75 Å². The third kappa shape index (κ3) is 3.78. The number of hydrogen-bond acceptors (Lipinski definition) is 4. The molecule has 1 amide bonds. The summed E-state index contributed by atoms with van der Waals surface area (Å²) in [5, 5.41) is 1.06. The number of nitrogens with zero attached hydrogens (tertiary/aromatic N) is 2. The fourth-order valence-corrected chi connectivity index (χ4v) is 4.29. The van der Waals surface area contributed by atoms with Gasteiger partial charge < -0.3 is 9.64 Å². The second-order valence-corrected chi connectivity index (χ2v) is 8.29. The molecule has 0 saturated carbocycles. The van der Waals surface area contributed by atoms with Crippen molar-refractivity contribution in [2.24, 2.45) is 0 Å². The zero-order valence-electron chi connectivity index (χ0n) is 16.2. The fraction of sp³-hybridized carbons (Fsp3) is 0.524. The summed E-state index contributed by atoms with van der Waals surface area (Å²) in [5.74, 6) is 0.889. The van der Waals surface area contributed by atoms with Gasteiger partial charge in [0.25, 0.3) is 5.91 Å². The Hall–Kier alpha value is -1.88. The molecular weight excluding hydrogens is 344 g/mol. The van der Waals surface area contributed by atoms with E-state index in [1.54, 1.807) is 11.3 Å². The summed E-state index contributed by atoms with van der Waals surface area (Å²) in [7, 11) is 0. The summed E-state index contributed by atoms with van der Waals surface area (Å²) >= 11 is 1.70. The second kappa shape index (κ2) is 8.21. The number of aryl methyl sites for hydroxylation is 2. The largest absolute Gasteiger partial charge is 0.478 e. The van der Waals surface area contributed by atoms with E-state index in [-0.39, 0.29) is 12.0 Å². The maximum absolute atomic E-state index is 12.9. The number of carbonyl (C=O) groups is 1. The van der Waals surface area contributed by atoms with Crippen LogP contribution in [0.1, 0.15) is 55.8 Å². The first kappa shape index (κ1) is 18.9. The maximum atomic E-state index is 12.9. The molecule has 3 rings (SSSR count). The fourth-order valence-electron chi connectivity index (χ4n) is 3.45. The van der Waals surface area contributed by atoms with Crippen LogP contribution in [0, 0.1) is 13.8 Å². The standard InChI is InChI=1S/C21H28N2O2S/c1-5-7-8-9-12-23-17-13-16(20-14(3)26-15(4)22-20)10-11-19(17)25-18(6-2)21(23)24/h10-11,13,18H,5-9,12H2,1-4H3. The Kier molecular flexibility index (Phi) is 5.97. The quantitative estimate of drug-likeness (QED) is 0.602. The number of ether oxygens (including phenoxy) is 1. The maximum Gasteiger partial charge on any atom is 0.268 e. The van der Waals surface area contributed by atoms with E-state index in [1.165, 1.54) is 17.7 Å². The van der Waals surface area contributed by atoms with E-state index in [0.717, 1.165) is 47.1 Å². The van der Waals surface area contributed by atoms with Gasteiger partial charge in [0.1, 0.15) is 5.75 Å². The molecular formula is C21H28N2O2S. The molecule has 0 spiro atoms. The predicted octanol–water partition coefficient (Wildman–Crippen LogP) is 5.51. The lowest BCUT2D eigenvalue weighted by atomic mass is 10.1. The number of aromatic nitrogens is 1. The Bertz CT molecular complexity index is 784. The van der Waals surface area contributed by atoms with Crippen LogP contribution in [0.3, 0.4) is 0 Å². The second-order valence-electron chi connectivity index (χ2n) is 6.89. The lowest BCUT2D eigenvalue weighted by molar-refractivity contribution is -0.126. The van der Waals surface area contributed by atoms with Gasteiger partial charge in [-0.3, -0.25) is 4.79 Å². The van der Waals surface area contributed by atoms with Crippen molar-refractivity contribution < 1.29 is 9.53 Å². The minimum atomic E-state index is -0.372. The Morgan fingerprint density at radius 3 is 2.65 bits per heavy atom. The highest BCUT2D eigenvalue weighted by Crippen LogP contribution is 2.39. The first-order valence-corrected chi connectivity index (χ1v) is 10.4. The molecule has 1 unspecified atom stereocenters. The van der Waals surface area contributed by atoms with Crippen molar-refractivity contribution in [3.8, 4) is 17.0 Å². The molecule has 0 fully saturated rings. The molecule has 2 heterocycles. The highest BCUT2D eigenvalue weighted by molar-refractivity contribution is 7.11. The smallest absolute Gasteiger partial charge is 0.268 e. The number of amides is 1. The average molecular weight is 373 g/mol. The zero-order valence-corrected chi connectivity index (χ0v) is 17.0. The van der Waals surface area contributed by atoms with Crippen LogP contribution in [0.15, 0.2) is 18.2 Å². The molecule has 5 heteroatoms. The summed E-state index contributed by atoms with van der Waals surface area (Å²) < 4.78 is 5.97. The van der Waals surface area contributed by atoms with Gasteiger partial charge >= 0.3 is 0 Å². The van der Waals surface area contributed by atoms with E-state index in [2.05, 4.69) is 31.0 Å². The number of thiazole rings is 1. The molecule has 0 aliphatic carbocycles.